The Hall–Kier alpha value is -1.85. The van der Waals surface area contributed by atoms with Crippen LogP contribution < -0.4 is 0 Å². The molecule has 0 spiro atoms. The van der Waals surface area contributed by atoms with Gasteiger partial charge in [-0.15, -0.1) is 0 Å². The van der Waals surface area contributed by atoms with Gasteiger partial charge in [-0.25, -0.2) is 4.79 Å². The van der Waals surface area contributed by atoms with E-state index in [0.29, 0.717) is 19.4 Å². The molecule has 0 heterocycles. The summed E-state index contributed by atoms with van der Waals surface area (Å²) in [4.78, 5) is 32.1. The fourth-order valence-corrected chi connectivity index (χ4v) is 1.51. The zero-order valence-corrected chi connectivity index (χ0v) is 11.0. The number of carbonyl (C=O) groups excluding carboxylic acids is 1. The molecular formula is C13H20O6. The summed E-state index contributed by atoms with van der Waals surface area (Å²) in [7, 11) is 0. The summed E-state index contributed by atoms with van der Waals surface area (Å²) in [5.41, 5.74) is 0. The van der Waals surface area contributed by atoms with Crippen molar-refractivity contribution < 1.29 is 29.3 Å². The van der Waals surface area contributed by atoms with Crippen LogP contribution in [0.5, 0.6) is 0 Å². The predicted molar refractivity (Wildman–Crippen MR) is 67.6 cm³/mol. The van der Waals surface area contributed by atoms with Crippen molar-refractivity contribution in [2.45, 2.75) is 39.0 Å². The van der Waals surface area contributed by atoms with Gasteiger partial charge in [-0.2, -0.15) is 0 Å². The molecule has 0 aromatic rings. The standard InChI is InChI=1S/C13H20O6/c1-2-7-11(14)19-9-6-4-3-5-8-10(12(15)16)13(17)18/h2,7,10H,3-6,8-9H2,1H3,(H,15,16)(H,17,18). The molecule has 0 unspecified atom stereocenters. The second-order valence-corrected chi connectivity index (χ2v) is 4.10. The van der Waals surface area contributed by atoms with Gasteiger partial charge in [0.1, 0.15) is 0 Å². The average Bonchev–Trinajstić information content (AvgIpc) is 2.31. The van der Waals surface area contributed by atoms with Crippen LogP contribution in [0, 0.1) is 5.92 Å². The van der Waals surface area contributed by atoms with Gasteiger partial charge in [0.05, 0.1) is 6.61 Å². The topological polar surface area (TPSA) is 101 Å². The predicted octanol–water partition coefficient (Wildman–Crippen LogP) is 1.84. The first-order chi connectivity index (χ1) is 8.99. The molecule has 0 radical (unpaired) electrons. The van der Waals surface area contributed by atoms with Crippen molar-refractivity contribution in [3.8, 4) is 0 Å². The summed E-state index contributed by atoms with van der Waals surface area (Å²) in [6.07, 6.45) is 5.78. The van der Waals surface area contributed by atoms with Gasteiger partial charge in [0.15, 0.2) is 5.92 Å². The number of hydrogen-bond acceptors (Lipinski definition) is 4. The third-order valence-electron chi connectivity index (χ3n) is 2.53. The number of aliphatic carboxylic acids is 2. The van der Waals surface area contributed by atoms with E-state index in [-0.39, 0.29) is 12.4 Å². The molecule has 0 saturated heterocycles. The molecular weight excluding hydrogens is 252 g/mol. The lowest BCUT2D eigenvalue weighted by atomic mass is 10.0. The quantitative estimate of drug-likeness (QED) is 0.272. The van der Waals surface area contributed by atoms with Crippen LogP contribution in [0.3, 0.4) is 0 Å². The molecule has 108 valence electrons. The van der Waals surface area contributed by atoms with Crippen molar-refractivity contribution in [1.82, 2.24) is 0 Å². The highest BCUT2D eigenvalue weighted by atomic mass is 16.5. The van der Waals surface area contributed by atoms with Crippen molar-refractivity contribution in [3.63, 3.8) is 0 Å². The summed E-state index contributed by atoms with van der Waals surface area (Å²) < 4.78 is 4.87. The molecule has 0 aliphatic heterocycles. The Bertz CT molecular complexity index is 320. The number of ether oxygens (including phenoxy) is 1. The molecule has 0 fully saturated rings. The van der Waals surface area contributed by atoms with Crippen molar-refractivity contribution in [2.24, 2.45) is 5.92 Å². The van der Waals surface area contributed by atoms with E-state index in [1.807, 2.05) is 0 Å². The van der Waals surface area contributed by atoms with Crippen LogP contribution in [0.4, 0.5) is 0 Å². The van der Waals surface area contributed by atoms with Crippen LogP contribution in [0.1, 0.15) is 39.0 Å². The van der Waals surface area contributed by atoms with Gasteiger partial charge in [0.2, 0.25) is 0 Å². The monoisotopic (exact) mass is 272 g/mol. The molecule has 0 amide bonds. The van der Waals surface area contributed by atoms with E-state index in [1.54, 1.807) is 13.0 Å². The Kier molecular flexibility index (Phi) is 9.12. The number of carboxylic acid groups (broad SMARTS) is 2. The molecule has 0 aliphatic rings. The van der Waals surface area contributed by atoms with Gasteiger partial charge in [-0.3, -0.25) is 9.59 Å². The normalized spacial score (nSPS) is 10.8. The van der Waals surface area contributed by atoms with Crippen molar-refractivity contribution >= 4 is 17.9 Å². The molecule has 19 heavy (non-hydrogen) atoms. The number of rotatable bonds is 10. The van der Waals surface area contributed by atoms with E-state index in [0.717, 1.165) is 12.8 Å². The van der Waals surface area contributed by atoms with Crippen LogP contribution in [0.2, 0.25) is 0 Å². The van der Waals surface area contributed by atoms with Crippen LogP contribution in [-0.4, -0.2) is 34.7 Å². The van der Waals surface area contributed by atoms with Crippen LogP contribution >= 0.6 is 0 Å². The maximum atomic E-state index is 10.9. The van der Waals surface area contributed by atoms with Crippen molar-refractivity contribution in [3.05, 3.63) is 12.2 Å². The number of allylic oxidation sites excluding steroid dienone is 1. The number of carboxylic acids is 2. The molecule has 0 aromatic heterocycles. The first-order valence-corrected chi connectivity index (χ1v) is 6.24. The minimum atomic E-state index is -1.33. The first kappa shape index (κ1) is 17.2. The lowest BCUT2D eigenvalue weighted by Crippen LogP contribution is -2.23. The molecule has 0 bridgehead atoms. The molecule has 0 atom stereocenters. The van der Waals surface area contributed by atoms with Crippen LogP contribution in [0.15, 0.2) is 12.2 Å². The smallest absolute Gasteiger partial charge is 0.330 e. The Labute approximate surface area is 112 Å². The Morgan fingerprint density at radius 3 is 2.16 bits per heavy atom. The van der Waals surface area contributed by atoms with Gasteiger partial charge in [0, 0.05) is 6.08 Å². The molecule has 0 aliphatic carbocycles. The van der Waals surface area contributed by atoms with Crippen LogP contribution in [-0.2, 0) is 19.1 Å². The minimum Gasteiger partial charge on any atom is -0.481 e. The summed E-state index contributed by atoms with van der Waals surface area (Å²) in [6.45, 7) is 2.05. The van der Waals surface area contributed by atoms with E-state index >= 15 is 0 Å². The van der Waals surface area contributed by atoms with E-state index < -0.39 is 17.9 Å². The Morgan fingerprint density at radius 2 is 1.63 bits per heavy atom. The average molecular weight is 272 g/mol. The summed E-state index contributed by atoms with van der Waals surface area (Å²) in [6, 6.07) is 0. The third kappa shape index (κ3) is 8.82. The molecule has 0 saturated carbocycles. The third-order valence-corrected chi connectivity index (χ3v) is 2.53. The Morgan fingerprint density at radius 1 is 1.05 bits per heavy atom. The van der Waals surface area contributed by atoms with Gasteiger partial charge < -0.3 is 14.9 Å². The zero-order valence-electron chi connectivity index (χ0n) is 11.0. The molecule has 6 nitrogen and oxygen atoms in total. The second kappa shape index (κ2) is 10.1. The SMILES string of the molecule is CC=CC(=O)OCCCCCCC(C(=O)O)C(=O)O. The highest BCUT2D eigenvalue weighted by Crippen LogP contribution is 2.11. The van der Waals surface area contributed by atoms with E-state index in [9.17, 15) is 14.4 Å². The van der Waals surface area contributed by atoms with Crippen molar-refractivity contribution in [1.29, 1.82) is 0 Å². The summed E-state index contributed by atoms with van der Waals surface area (Å²) in [5.74, 6) is -4.30. The minimum absolute atomic E-state index is 0.128. The van der Waals surface area contributed by atoms with Gasteiger partial charge in [-0.1, -0.05) is 25.3 Å². The molecule has 6 heteroatoms. The van der Waals surface area contributed by atoms with Gasteiger partial charge in [-0.05, 0) is 19.8 Å². The van der Waals surface area contributed by atoms with Gasteiger partial charge in [0.25, 0.3) is 0 Å². The summed E-state index contributed by atoms with van der Waals surface area (Å²) in [5, 5.41) is 17.3. The highest BCUT2D eigenvalue weighted by molar-refractivity contribution is 5.92. The fraction of sp³-hybridized carbons (Fsp3) is 0.615. The van der Waals surface area contributed by atoms with Gasteiger partial charge >= 0.3 is 17.9 Å². The van der Waals surface area contributed by atoms with Crippen LogP contribution in [0.25, 0.3) is 0 Å². The van der Waals surface area contributed by atoms with E-state index in [2.05, 4.69) is 0 Å². The molecule has 2 N–H and O–H groups in total. The van der Waals surface area contributed by atoms with E-state index in [4.69, 9.17) is 14.9 Å². The maximum Gasteiger partial charge on any atom is 0.330 e. The van der Waals surface area contributed by atoms with Crippen molar-refractivity contribution in [2.75, 3.05) is 6.61 Å². The number of carbonyl (C=O) groups is 3. The zero-order chi connectivity index (χ0) is 14.7. The fourth-order valence-electron chi connectivity index (χ4n) is 1.51. The largest absolute Gasteiger partial charge is 0.481 e. The number of hydrogen-bond donors (Lipinski definition) is 2. The molecule has 0 rings (SSSR count). The summed E-state index contributed by atoms with van der Waals surface area (Å²) >= 11 is 0. The number of esters is 1. The lowest BCUT2D eigenvalue weighted by Gasteiger charge is -2.06. The molecule has 0 aromatic carbocycles. The highest BCUT2D eigenvalue weighted by Gasteiger charge is 2.24. The number of unbranched alkanes of at least 4 members (excludes halogenated alkanes) is 3. The van der Waals surface area contributed by atoms with E-state index in [1.165, 1.54) is 6.08 Å². The Balaban J connectivity index is 3.57. The maximum absolute atomic E-state index is 10.9. The second-order valence-electron chi connectivity index (χ2n) is 4.10. The first-order valence-electron chi connectivity index (χ1n) is 6.24. The lowest BCUT2D eigenvalue weighted by molar-refractivity contribution is -0.154.